The van der Waals surface area contributed by atoms with Crippen molar-refractivity contribution in [2.45, 2.75) is 38.6 Å². The lowest BCUT2D eigenvalue weighted by molar-refractivity contribution is -0.135. The molecule has 1 aromatic heterocycles. The van der Waals surface area contributed by atoms with Crippen LogP contribution in [0.5, 0.6) is 0 Å². The molecule has 116 valence electrons. The van der Waals surface area contributed by atoms with Gasteiger partial charge < -0.3 is 9.42 Å². The van der Waals surface area contributed by atoms with E-state index in [1.807, 2.05) is 6.92 Å². The van der Waals surface area contributed by atoms with Crippen molar-refractivity contribution >= 4 is 15.7 Å². The van der Waals surface area contributed by atoms with E-state index in [1.54, 1.807) is 4.90 Å². The van der Waals surface area contributed by atoms with Crippen LogP contribution in [0.4, 0.5) is 0 Å². The topological polar surface area (TPSA) is 93.4 Å². The van der Waals surface area contributed by atoms with Gasteiger partial charge in [-0.05, 0) is 19.3 Å². The van der Waals surface area contributed by atoms with Crippen LogP contribution in [-0.4, -0.2) is 47.4 Å². The molecule has 2 saturated heterocycles. The summed E-state index contributed by atoms with van der Waals surface area (Å²) < 4.78 is 28.2. The maximum Gasteiger partial charge on any atom is 0.227 e. The van der Waals surface area contributed by atoms with Gasteiger partial charge in [0.1, 0.15) is 0 Å². The van der Waals surface area contributed by atoms with Gasteiger partial charge in [0, 0.05) is 13.0 Å². The molecule has 1 aromatic rings. The highest BCUT2D eigenvalue weighted by molar-refractivity contribution is 7.91. The molecular weight excluding hydrogens is 294 g/mol. The molecule has 1 amide bonds. The molecule has 7 nitrogen and oxygen atoms in total. The van der Waals surface area contributed by atoms with E-state index in [2.05, 4.69) is 10.1 Å². The Labute approximate surface area is 123 Å². The molecule has 0 saturated carbocycles. The molecule has 2 aliphatic heterocycles. The number of rotatable bonds is 3. The van der Waals surface area contributed by atoms with Gasteiger partial charge in [0.05, 0.1) is 23.5 Å². The summed E-state index contributed by atoms with van der Waals surface area (Å²) in [5, 5.41) is 3.96. The van der Waals surface area contributed by atoms with Gasteiger partial charge in [-0.1, -0.05) is 12.1 Å². The molecule has 2 fully saturated rings. The van der Waals surface area contributed by atoms with Gasteiger partial charge in [0.2, 0.25) is 11.8 Å². The van der Waals surface area contributed by atoms with Gasteiger partial charge in [0.25, 0.3) is 0 Å². The summed E-state index contributed by atoms with van der Waals surface area (Å²) in [5.41, 5.74) is 0. The van der Waals surface area contributed by atoms with Crippen LogP contribution in [0.3, 0.4) is 0 Å². The van der Waals surface area contributed by atoms with E-state index < -0.39 is 15.8 Å². The number of aryl methyl sites for hydroxylation is 1. The van der Waals surface area contributed by atoms with Crippen molar-refractivity contribution in [1.29, 1.82) is 0 Å². The van der Waals surface area contributed by atoms with Crippen molar-refractivity contribution in [2.75, 3.05) is 18.1 Å². The molecule has 2 aliphatic rings. The minimum atomic E-state index is -3.05. The molecule has 0 aliphatic carbocycles. The van der Waals surface area contributed by atoms with Crippen LogP contribution < -0.4 is 0 Å². The fourth-order valence-electron chi connectivity index (χ4n) is 3.07. The number of nitrogens with zero attached hydrogens (tertiary/aromatic N) is 3. The Bertz CT molecular complexity index is 640. The number of hydrogen-bond donors (Lipinski definition) is 0. The van der Waals surface area contributed by atoms with E-state index in [9.17, 15) is 13.2 Å². The van der Waals surface area contributed by atoms with Gasteiger partial charge in [-0.2, -0.15) is 4.98 Å². The van der Waals surface area contributed by atoms with Crippen molar-refractivity contribution in [2.24, 2.45) is 5.92 Å². The molecule has 0 unspecified atom stereocenters. The second kappa shape index (κ2) is 5.40. The molecular formula is C13H19N3O4S. The predicted octanol–water partition coefficient (Wildman–Crippen LogP) is 0.730. The average molecular weight is 313 g/mol. The van der Waals surface area contributed by atoms with Crippen LogP contribution in [0.15, 0.2) is 4.52 Å². The third-order valence-corrected chi connectivity index (χ3v) is 5.97. The van der Waals surface area contributed by atoms with E-state index in [1.165, 1.54) is 0 Å². The number of carbonyl (C=O) groups is 1. The van der Waals surface area contributed by atoms with E-state index in [0.717, 1.165) is 12.8 Å². The molecule has 0 spiro atoms. The van der Waals surface area contributed by atoms with Crippen LogP contribution in [0.1, 0.15) is 43.9 Å². The van der Waals surface area contributed by atoms with Gasteiger partial charge in [0.15, 0.2) is 15.7 Å². The highest BCUT2D eigenvalue weighted by Gasteiger charge is 2.40. The smallest absolute Gasteiger partial charge is 0.227 e. The largest absolute Gasteiger partial charge is 0.339 e. The van der Waals surface area contributed by atoms with Crippen molar-refractivity contribution in [3.8, 4) is 0 Å². The van der Waals surface area contributed by atoms with Crippen molar-refractivity contribution in [3.05, 3.63) is 11.7 Å². The zero-order valence-corrected chi connectivity index (χ0v) is 12.8. The lowest BCUT2D eigenvalue weighted by atomic mass is 10.1. The third kappa shape index (κ3) is 2.81. The zero-order valence-electron chi connectivity index (χ0n) is 12.0. The fraction of sp³-hybridized carbons (Fsp3) is 0.769. The summed E-state index contributed by atoms with van der Waals surface area (Å²) in [4.78, 5) is 18.6. The second-order valence-corrected chi connectivity index (χ2v) is 7.92. The summed E-state index contributed by atoms with van der Waals surface area (Å²) in [6.45, 7) is 2.56. The van der Waals surface area contributed by atoms with Crippen LogP contribution in [0.25, 0.3) is 0 Å². The van der Waals surface area contributed by atoms with Crippen LogP contribution >= 0.6 is 0 Å². The molecule has 0 N–H and O–H groups in total. The summed E-state index contributed by atoms with van der Waals surface area (Å²) in [6, 6.07) is -0.176. The maximum atomic E-state index is 12.6. The van der Waals surface area contributed by atoms with Gasteiger partial charge in [-0.3, -0.25) is 4.79 Å². The number of amides is 1. The zero-order chi connectivity index (χ0) is 15.0. The molecule has 0 bridgehead atoms. The lowest BCUT2D eigenvalue weighted by Gasteiger charge is -2.24. The first-order valence-corrected chi connectivity index (χ1v) is 9.15. The fourth-order valence-corrected chi connectivity index (χ4v) is 4.80. The lowest BCUT2D eigenvalue weighted by Crippen LogP contribution is -2.36. The highest BCUT2D eigenvalue weighted by atomic mass is 32.2. The first kappa shape index (κ1) is 14.5. The molecule has 0 radical (unpaired) electrons. The van der Waals surface area contributed by atoms with Crippen molar-refractivity contribution in [3.63, 3.8) is 0 Å². The SMILES string of the molecule is CCc1nc([C@@H]2CCCN2C(=O)[C@@H]2CCS(=O)(=O)C2)no1. The quantitative estimate of drug-likeness (QED) is 0.816. The number of likely N-dealkylation sites (tertiary alicyclic amines) is 1. The predicted molar refractivity (Wildman–Crippen MR) is 74.1 cm³/mol. The summed E-state index contributed by atoms with van der Waals surface area (Å²) >= 11 is 0. The van der Waals surface area contributed by atoms with E-state index in [0.29, 0.717) is 31.1 Å². The number of aromatic nitrogens is 2. The molecule has 8 heteroatoms. The van der Waals surface area contributed by atoms with Gasteiger partial charge in [-0.15, -0.1) is 0 Å². The summed E-state index contributed by atoms with van der Waals surface area (Å²) in [7, 11) is -3.05. The highest BCUT2D eigenvalue weighted by Crippen LogP contribution is 2.33. The molecule has 21 heavy (non-hydrogen) atoms. The van der Waals surface area contributed by atoms with Crippen LogP contribution in [0, 0.1) is 5.92 Å². The second-order valence-electron chi connectivity index (χ2n) is 5.69. The Morgan fingerprint density at radius 3 is 2.86 bits per heavy atom. The Hall–Kier alpha value is -1.44. The Kier molecular flexibility index (Phi) is 3.73. The van der Waals surface area contributed by atoms with Gasteiger partial charge >= 0.3 is 0 Å². The van der Waals surface area contributed by atoms with Crippen LogP contribution in [-0.2, 0) is 21.1 Å². The Balaban J connectivity index is 1.76. The minimum Gasteiger partial charge on any atom is -0.339 e. The molecule has 2 atom stereocenters. The van der Waals surface area contributed by atoms with E-state index in [4.69, 9.17) is 4.52 Å². The normalized spacial score (nSPS) is 28.1. The number of hydrogen-bond acceptors (Lipinski definition) is 6. The van der Waals surface area contributed by atoms with Gasteiger partial charge in [-0.25, -0.2) is 8.42 Å². The third-order valence-electron chi connectivity index (χ3n) is 4.20. The summed E-state index contributed by atoms with van der Waals surface area (Å²) in [6.07, 6.45) is 2.77. The van der Waals surface area contributed by atoms with E-state index in [-0.39, 0.29) is 23.5 Å². The Morgan fingerprint density at radius 1 is 1.43 bits per heavy atom. The summed E-state index contributed by atoms with van der Waals surface area (Å²) in [5.74, 6) is 0.701. The van der Waals surface area contributed by atoms with Crippen LogP contribution in [0.2, 0.25) is 0 Å². The number of carbonyl (C=O) groups excluding carboxylic acids is 1. The first-order valence-electron chi connectivity index (χ1n) is 7.33. The molecule has 0 aromatic carbocycles. The number of sulfone groups is 1. The molecule has 3 rings (SSSR count). The first-order chi connectivity index (χ1) is 10.00. The van der Waals surface area contributed by atoms with Crippen molar-refractivity contribution < 1.29 is 17.7 Å². The maximum absolute atomic E-state index is 12.6. The molecule has 3 heterocycles. The van der Waals surface area contributed by atoms with Crippen molar-refractivity contribution in [1.82, 2.24) is 15.0 Å². The Morgan fingerprint density at radius 2 is 2.24 bits per heavy atom. The standard InChI is InChI=1S/C13H19N3O4S/c1-2-11-14-12(15-20-11)10-4-3-6-16(10)13(17)9-5-7-21(18,19)8-9/h9-10H,2-8H2,1H3/t9-,10+/m1/s1. The van der Waals surface area contributed by atoms with E-state index >= 15 is 0 Å². The average Bonchev–Trinajstić information content (AvgIpc) is 3.15. The monoisotopic (exact) mass is 313 g/mol. The minimum absolute atomic E-state index is 0.0263.